The van der Waals surface area contributed by atoms with E-state index in [1.807, 2.05) is 7.05 Å². The molecule has 1 fully saturated rings. The molecule has 0 bridgehead atoms. The van der Waals surface area contributed by atoms with Gasteiger partial charge in [-0.3, -0.25) is 4.99 Å². The molecule has 122 valence electrons. The largest absolute Gasteiger partial charge is 0.371 e. The van der Waals surface area contributed by atoms with Gasteiger partial charge in [0.15, 0.2) is 5.96 Å². The third-order valence-corrected chi connectivity index (χ3v) is 4.96. The van der Waals surface area contributed by atoms with E-state index in [0.717, 1.165) is 32.1 Å². The number of benzene rings is 1. The Morgan fingerprint density at radius 1 is 1.26 bits per heavy atom. The quantitative estimate of drug-likeness (QED) is 0.655. The van der Waals surface area contributed by atoms with Crippen molar-refractivity contribution < 1.29 is 0 Å². The first-order valence-corrected chi connectivity index (χ1v) is 9.05. The molecule has 0 spiro atoms. The van der Waals surface area contributed by atoms with E-state index in [-0.39, 0.29) is 0 Å². The second-order valence-electron chi connectivity index (χ2n) is 5.87. The number of guanidine groups is 1. The molecule has 0 saturated carbocycles. The van der Waals surface area contributed by atoms with E-state index < -0.39 is 0 Å². The summed E-state index contributed by atoms with van der Waals surface area (Å²) in [6, 6.07) is 12.8. The van der Waals surface area contributed by atoms with Crippen LogP contribution in [0.2, 0.25) is 0 Å². The van der Waals surface area contributed by atoms with Crippen molar-refractivity contribution in [1.29, 1.82) is 0 Å². The summed E-state index contributed by atoms with van der Waals surface area (Å²) in [7, 11) is 1.83. The average molecular weight is 328 g/mol. The van der Waals surface area contributed by atoms with Gasteiger partial charge in [-0.25, -0.2) is 0 Å². The van der Waals surface area contributed by atoms with Crippen LogP contribution < -0.4 is 15.5 Å². The third-order valence-electron chi connectivity index (χ3n) is 4.23. The van der Waals surface area contributed by atoms with Gasteiger partial charge in [0.05, 0.1) is 0 Å². The average Bonchev–Trinajstić information content (AvgIpc) is 3.27. The van der Waals surface area contributed by atoms with E-state index >= 15 is 0 Å². The van der Waals surface area contributed by atoms with Crippen molar-refractivity contribution in [2.75, 3.05) is 31.6 Å². The maximum Gasteiger partial charge on any atom is 0.191 e. The van der Waals surface area contributed by atoms with E-state index in [0.29, 0.717) is 5.92 Å². The monoisotopic (exact) mass is 328 g/mol. The Hall–Kier alpha value is -2.01. The fourth-order valence-corrected chi connectivity index (χ4v) is 3.58. The minimum absolute atomic E-state index is 0.662. The zero-order valence-corrected chi connectivity index (χ0v) is 14.4. The number of aliphatic imine (C=N–C) groups is 1. The standard InChI is InChI=1S/C18H24N4S/c1-19-18(21-12-16-8-10-23-14-16)20-11-15-7-9-22(13-15)17-5-3-2-4-6-17/h2-6,8,10,14-15H,7,9,11-13H2,1H3,(H2,19,20,21). The molecule has 0 amide bonds. The molecule has 1 aliphatic heterocycles. The number of rotatable bonds is 5. The summed E-state index contributed by atoms with van der Waals surface area (Å²) in [5.41, 5.74) is 2.63. The highest BCUT2D eigenvalue weighted by Gasteiger charge is 2.22. The second kappa shape index (κ2) is 8.02. The summed E-state index contributed by atoms with van der Waals surface area (Å²) < 4.78 is 0. The SMILES string of the molecule is CN=C(NCc1ccsc1)NCC1CCN(c2ccccc2)C1. The summed E-state index contributed by atoms with van der Waals surface area (Å²) in [4.78, 5) is 6.78. The lowest BCUT2D eigenvalue weighted by Crippen LogP contribution is -2.39. The molecule has 4 nitrogen and oxygen atoms in total. The smallest absolute Gasteiger partial charge is 0.191 e. The van der Waals surface area contributed by atoms with Gasteiger partial charge in [-0.05, 0) is 46.9 Å². The van der Waals surface area contributed by atoms with E-state index in [1.165, 1.54) is 17.7 Å². The minimum atomic E-state index is 0.662. The highest BCUT2D eigenvalue weighted by Crippen LogP contribution is 2.22. The van der Waals surface area contributed by atoms with Crippen molar-refractivity contribution in [3.05, 3.63) is 52.7 Å². The zero-order valence-electron chi connectivity index (χ0n) is 13.5. The van der Waals surface area contributed by atoms with Crippen molar-refractivity contribution in [2.24, 2.45) is 10.9 Å². The molecule has 1 aliphatic rings. The molecule has 0 aliphatic carbocycles. The van der Waals surface area contributed by atoms with Crippen LogP contribution in [0.3, 0.4) is 0 Å². The Morgan fingerprint density at radius 3 is 2.87 bits per heavy atom. The lowest BCUT2D eigenvalue weighted by Gasteiger charge is -2.19. The Labute approximate surface area is 142 Å². The summed E-state index contributed by atoms with van der Waals surface area (Å²) >= 11 is 1.72. The highest BCUT2D eigenvalue weighted by atomic mass is 32.1. The summed E-state index contributed by atoms with van der Waals surface area (Å²) in [6.07, 6.45) is 1.23. The molecule has 1 atom stereocenters. The van der Waals surface area contributed by atoms with Gasteiger partial charge in [-0.15, -0.1) is 0 Å². The van der Waals surface area contributed by atoms with Crippen LogP contribution in [0.4, 0.5) is 5.69 Å². The van der Waals surface area contributed by atoms with Gasteiger partial charge in [0, 0.05) is 38.9 Å². The van der Waals surface area contributed by atoms with Crippen LogP contribution in [0.5, 0.6) is 0 Å². The molecular weight excluding hydrogens is 304 g/mol. The molecule has 2 heterocycles. The van der Waals surface area contributed by atoms with Crippen molar-refractivity contribution in [3.8, 4) is 0 Å². The van der Waals surface area contributed by atoms with Crippen LogP contribution >= 0.6 is 11.3 Å². The number of anilines is 1. The van der Waals surface area contributed by atoms with Gasteiger partial charge in [0.2, 0.25) is 0 Å². The van der Waals surface area contributed by atoms with E-state index in [9.17, 15) is 0 Å². The normalized spacial score (nSPS) is 18.2. The van der Waals surface area contributed by atoms with Crippen molar-refractivity contribution in [2.45, 2.75) is 13.0 Å². The van der Waals surface area contributed by atoms with Gasteiger partial charge in [-0.2, -0.15) is 11.3 Å². The first-order chi connectivity index (χ1) is 11.3. The maximum absolute atomic E-state index is 4.31. The molecule has 1 aromatic carbocycles. The summed E-state index contributed by atoms with van der Waals surface area (Å²) in [5.74, 6) is 1.55. The molecule has 1 unspecified atom stereocenters. The number of thiophene rings is 1. The molecule has 3 rings (SSSR count). The van der Waals surface area contributed by atoms with Gasteiger partial charge in [0.1, 0.15) is 0 Å². The molecule has 1 aromatic heterocycles. The van der Waals surface area contributed by atoms with E-state index in [1.54, 1.807) is 11.3 Å². The molecule has 2 aromatic rings. The van der Waals surface area contributed by atoms with Crippen LogP contribution in [0.1, 0.15) is 12.0 Å². The van der Waals surface area contributed by atoms with E-state index in [4.69, 9.17) is 0 Å². The predicted molar refractivity (Wildman–Crippen MR) is 99.3 cm³/mol. The lowest BCUT2D eigenvalue weighted by atomic mass is 10.1. The predicted octanol–water partition coefficient (Wildman–Crippen LogP) is 2.94. The Kier molecular flexibility index (Phi) is 5.53. The molecular formula is C18H24N4S. The molecule has 23 heavy (non-hydrogen) atoms. The van der Waals surface area contributed by atoms with Gasteiger partial charge in [-0.1, -0.05) is 18.2 Å². The summed E-state index contributed by atoms with van der Waals surface area (Å²) in [5, 5.41) is 11.1. The molecule has 0 radical (unpaired) electrons. The van der Waals surface area contributed by atoms with E-state index in [2.05, 4.69) is 67.7 Å². The van der Waals surface area contributed by atoms with Crippen molar-refractivity contribution >= 4 is 23.0 Å². The molecule has 2 N–H and O–H groups in total. The topological polar surface area (TPSA) is 39.7 Å². The summed E-state index contributed by atoms with van der Waals surface area (Å²) in [6.45, 7) is 4.03. The number of hydrogen-bond acceptors (Lipinski definition) is 3. The van der Waals surface area contributed by atoms with Crippen molar-refractivity contribution in [1.82, 2.24) is 10.6 Å². The highest BCUT2D eigenvalue weighted by molar-refractivity contribution is 7.07. The van der Waals surface area contributed by atoms with Gasteiger partial charge in [0.25, 0.3) is 0 Å². The van der Waals surface area contributed by atoms with Crippen LogP contribution in [0.15, 0.2) is 52.2 Å². The Morgan fingerprint density at radius 2 is 2.13 bits per heavy atom. The number of para-hydroxylation sites is 1. The fourth-order valence-electron chi connectivity index (χ4n) is 2.91. The number of hydrogen-bond donors (Lipinski definition) is 2. The lowest BCUT2D eigenvalue weighted by molar-refractivity contribution is 0.565. The Balaban J connectivity index is 1.43. The number of nitrogens with zero attached hydrogens (tertiary/aromatic N) is 2. The second-order valence-corrected chi connectivity index (χ2v) is 6.65. The first kappa shape index (κ1) is 15.9. The van der Waals surface area contributed by atoms with Crippen LogP contribution in [-0.4, -0.2) is 32.6 Å². The fraction of sp³-hybridized carbons (Fsp3) is 0.389. The zero-order chi connectivity index (χ0) is 15.9. The Bertz CT molecular complexity index is 609. The number of nitrogens with one attached hydrogen (secondary N) is 2. The molecule has 5 heteroatoms. The van der Waals surface area contributed by atoms with Crippen molar-refractivity contribution in [3.63, 3.8) is 0 Å². The van der Waals surface area contributed by atoms with Gasteiger partial charge < -0.3 is 15.5 Å². The third kappa shape index (κ3) is 4.48. The van der Waals surface area contributed by atoms with Crippen LogP contribution in [0.25, 0.3) is 0 Å². The minimum Gasteiger partial charge on any atom is -0.371 e. The van der Waals surface area contributed by atoms with Crippen LogP contribution in [-0.2, 0) is 6.54 Å². The van der Waals surface area contributed by atoms with Gasteiger partial charge >= 0.3 is 0 Å². The maximum atomic E-state index is 4.31. The molecule has 1 saturated heterocycles. The van der Waals surface area contributed by atoms with Crippen LogP contribution in [0, 0.1) is 5.92 Å². The first-order valence-electron chi connectivity index (χ1n) is 8.11.